The Morgan fingerprint density at radius 1 is 1.07 bits per heavy atom. The molecule has 0 bridgehead atoms. The number of rotatable bonds is 6. The summed E-state index contributed by atoms with van der Waals surface area (Å²) in [6.07, 6.45) is 5.26. The van der Waals surface area contributed by atoms with Crippen molar-refractivity contribution in [1.29, 1.82) is 10.7 Å². The molecule has 0 aliphatic heterocycles. The van der Waals surface area contributed by atoms with E-state index in [0.717, 1.165) is 24.4 Å². The fourth-order valence-corrected chi connectivity index (χ4v) is 2.25. The molecule has 3 rings (SSSR count). The number of halogens is 2. The van der Waals surface area contributed by atoms with Crippen LogP contribution in [0.1, 0.15) is 16.8 Å². The van der Waals surface area contributed by atoms with Crippen LogP contribution >= 0.6 is 0 Å². The lowest BCUT2D eigenvalue weighted by Crippen LogP contribution is -2.06. The number of nitrogens with zero attached hydrogens (tertiary/aromatic N) is 4. The molecule has 2 aromatic heterocycles. The zero-order valence-electron chi connectivity index (χ0n) is 13.9. The Kier molecular flexibility index (Phi) is 5.28. The fourth-order valence-electron chi connectivity index (χ4n) is 2.25. The van der Waals surface area contributed by atoms with Crippen molar-refractivity contribution in [3.05, 3.63) is 71.3 Å². The summed E-state index contributed by atoms with van der Waals surface area (Å²) in [6.45, 7) is 0.0323. The summed E-state index contributed by atoms with van der Waals surface area (Å²) in [5, 5.41) is 22.1. The summed E-state index contributed by atoms with van der Waals surface area (Å²) in [7, 11) is 0. The minimum Gasteiger partial charge on any atom is -0.380 e. The minimum atomic E-state index is -0.531. The topological polar surface area (TPSA) is 110 Å². The van der Waals surface area contributed by atoms with Crippen LogP contribution in [0.25, 0.3) is 0 Å². The highest BCUT2D eigenvalue weighted by Gasteiger charge is 2.08. The molecule has 0 spiro atoms. The van der Waals surface area contributed by atoms with E-state index < -0.39 is 11.6 Å². The lowest BCUT2D eigenvalue weighted by Gasteiger charge is -2.12. The van der Waals surface area contributed by atoms with Gasteiger partial charge in [-0.2, -0.15) is 5.26 Å². The second-order valence-corrected chi connectivity index (χ2v) is 5.41. The highest BCUT2D eigenvalue weighted by Crippen LogP contribution is 2.21. The van der Waals surface area contributed by atoms with Crippen LogP contribution in [0, 0.1) is 28.4 Å². The van der Waals surface area contributed by atoms with Gasteiger partial charge in [0.15, 0.2) is 5.69 Å². The molecule has 134 valence electrons. The molecule has 0 aliphatic carbocycles. The van der Waals surface area contributed by atoms with Crippen molar-refractivity contribution in [2.24, 2.45) is 0 Å². The number of nitrogens with one attached hydrogen (secondary N) is 3. The lowest BCUT2D eigenvalue weighted by atomic mass is 10.2. The van der Waals surface area contributed by atoms with Crippen molar-refractivity contribution < 1.29 is 8.78 Å². The molecule has 0 amide bonds. The van der Waals surface area contributed by atoms with E-state index in [1.54, 1.807) is 6.07 Å². The highest BCUT2D eigenvalue weighted by atomic mass is 19.1. The molecule has 27 heavy (non-hydrogen) atoms. The average Bonchev–Trinajstić information content (AvgIpc) is 2.69. The molecule has 0 fully saturated rings. The van der Waals surface area contributed by atoms with E-state index in [4.69, 9.17) is 10.7 Å². The van der Waals surface area contributed by atoms with Crippen molar-refractivity contribution in [3.8, 4) is 6.07 Å². The van der Waals surface area contributed by atoms with Crippen LogP contribution in [-0.2, 0) is 6.54 Å². The van der Waals surface area contributed by atoms with Gasteiger partial charge in [-0.1, -0.05) is 0 Å². The Balaban J connectivity index is 1.79. The summed E-state index contributed by atoms with van der Waals surface area (Å²) in [6, 6.07) is 6.71. The van der Waals surface area contributed by atoms with Gasteiger partial charge in [0, 0.05) is 41.8 Å². The maximum Gasteiger partial charge on any atom is 0.158 e. The van der Waals surface area contributed by atoms with Gasteiger partial charge < -0.3 is 16.0 Å². The third kappa shape index (κ3) is 4.38. The molecule has 0 aliphatic rings. The van der Waals surface area contributed by atoms with E-state index in [1.165, 1.54) is 18.6 Å². The third-order valence-corrected chi connectivity index (χ3v) is 3.59. The molecule has 0 saturated heterocycles. The van der Waals surface area contributed by atoms with Gasteiger partial charge in [-0.05, 0) is 18.2 Å². The van der Waals surface area contributed by atoms with E-state index in [-0.39, 0.29) is 17.8 Å². The maximum atomic E-state index is 13.8. The van der Waals surface area contributed by atoms with Crippen molar-refractivity contribution in [2.75, 3.05) is 10.6 Å². The van der Waals surface area contributed by atoms with Gasteiger partial charge in [0.2, 0.25) is 0 Å². The number of aromatic nitrogens is 3. The summed E-state index contributed by atoms with van der Waals surface area (Å²) < 4.78 is 27.1. The van der Waals surface area contributed by atoms with Crippen LogP contribution in [-0.4, -0.2) is 21.2 Å². The van der Waals surface area contributed by atoms with Crippen LogP contribution in [0.3, 0.4) is 0 Å². The van der Waals surface area contributed by atoms with Gasteiger partial charge in [-0.25, -0.2) is 23.7 Å². The summed E-state index contributed by atoms with van der Waals surface area (Å²) in [5.74, 6) is -0.273. The average molecular weight is 365 g/mol. The highest BCUT2D eigenvalue weighted by molar-refractivity contribution is 5.86. The second kappa shape index (κ2) is 7.97. The Morgan fingerprint density at radius 2 is 1.89 bits per heavy atom. The van der Waals surface area contributed by atoms with Crippen LogP contribution in [0.15, 0.2) is 42.9 Å². The SMILES string of the molecule is N#Cc1cnc(Nc2cc(NCc3cc(F)ccc3F)c(C=N)cn2)cn1. The predicted octanol–water partition coefficient (Wildman–Crippen LogP) is 3.37. The van der Waals surface area contributed by atoms with Crippen LogP contribution in [0.5, 0.6) is 0 Å². The molecule has 0 atom stereocenters. The molecule has 0 radical (unpaired) electrons. The molecule has 3 N–H and O–H groups in total. The number of pyridine rings is 1. The molecule has 3 aromatic rings. The van der Waals surface area contributed by atoms with Crippen LogP contribution < -0.4 is 10.6 Å². The van der Waals surface area contributed by atoms with Gasteiger partial charge in [0.05, 0.1) is 12.4 Å². The number of benzene rings is 1. The number of anilines is 3. The zero-order valence-corrected chi connectivity index (χ0v) is 13.9. The molecule has 2 heterocycles. The van der Waals surface area contributed by atoms with E-state index in [1.807, 2.05) is 6.07 Å². The van der Waals surface area contributed by atoms with E-state index in [0.29, 0.717) is 22.9 Å². The minimum absolute atomic E-state index is 0.0323. The first-order chi connectivity index (χ1) is 13.1. The molecule has 0 unspecified atom stereocenters. The Hall–Kier alpha value is -3.93. The molecular weight excluding hydrogens is 352 g/mol. The first-order valence-corrected chi connectivity index (χ1v) is 7.76. The zero-order chi connectivity index (χ0) is 19.2. The predicted molar refractivity (Wildman–Crippen MR) is 95.8 cm³/mol. The van der Waals surface area contributed by atoms with Crippen molar-refractivity contribution in [3.63, 3.8) is 0 Å². The second-order valence-electron chi connectivity index (χ2n) is 5.41. The van der Waals surface area contributed by atoms with E-state index in [9.17, 15) is 8.78 Å². The summed E-state index contributed by atoms with van der Waals surface area (Å²) in [4.78, 5) is 12.1. The van der Waals surface area contributed by atoms with Gasteiger partial charge in [0.1, 0.15) is 29.3 Å². The Morgan fingerprint density at radius 3 is 2.59 bits per heavy atom. The Bertz CT molecular complexity index is 1010. The first kappa shape index (κ1) is 17.9. The van der Waals surface area contributed by atoms with Crippen molar-refractivity contribution in [1.82, 2.24) is 15.0 Å². The molecule has 0 saturated carbocycles. The van der Waals surface area contributed by atoms with Gasteiger partial charge in [-0.15, -0.1) is 0 Å². The standard InChI is InChI=1S/C18H13F2N7/c19-13-1-2-15(20)11(3-13)7-24-16-4-17(25-8-12(16)5-21)27-18-10-23-14(6-22)9-26-18/h1-5,8-10,21H,7H2,(H2,24,25,26,27). The van der Waals surface area contributed by atoms with Crippen LogP contribution in [0.4, 0.5) is 26.1 Å². The van der Waals surface area contributed by atoms with Crippen LogP contribution in [0.2, 0.25) is 0 Å². The number of nitriles is 1. The molecule has 9 heteroatoms. The molecular formula is C18H13F2N7. The van der Waals surface area contributed by atoms with Gasteiger partial charge in [0.25, 0.3) is 0 Å². The van der Waals surface area contributed by atoms with Gasteiger partial charge in [-0.3, -0.25) is 0 Å². The first-order valence-electron chi connectivity index (χ1n) is 7.76. The summed E-state index contributed by atoms with van der Waals surface area (Å²) in [5.41, 5.74) is 1.33. The largest absolute Gasteiger partial charge is 0.380 e. The van der Waals surface area contributed by atoms with Crippen molar-refractivity contribution in [2.45, 2.75) is 6.54 Å². The lowest BCUT2D eigenvalue weighted by molar-refractivity contribution is 0.587. The third-order valence-electron chi connectivity index (χ3n) is 3.59. The normalized spacial score (nSPS) is 10.1. The quantitative estimate of drug-likeness (QED) is 0.578. The molecule has 7 nitrogen and oxygen atoms in total. The number of hydrogen-bond donors (Lipinski definition) is 3. The maximum absolute atomic E-state index is 13.8. The summed E-state index contributed by atoms with van der Waals surface area (Å²) >= 11 is 0. The smallest absolute Gasteiger partial charge is 0.158 e. The Labute approximate surface area is 153 Å². The van der Waals surface area contributed by atoms with E-state index in [2.05, 4.69) is 25.6 Å². The fraction of sp³-hybridized carbons (Fsp3) is 0.0556. The van der Waals surface area contributed by atoms with E-state index >= 15 is 0 Å². The van der Waals surface area contributed by atoms with Gasteiger partial charge >= 0.3 is 0 Å². The van der Waals surface area contributed by atoms with Crippen molar-refractivity contribution >= 4 is 23.5 Å². The molecule has 1 aromatic carbocycles. The monoisotopic (exact) mass is 365 g/mol. The number of hydrogen-bond acceptors (Lipinski definition) is 7.